The van der Waals surface area contributed by atoms with Gasteiger partial charge in [0.05, 0.1) is 0 Å². The first kappa shape index (κ1) is 25.9. The molecule has 0 saturated carbocycles. The molecule has 0 saturated heterocycles. The topological polar surface area (TPSA) is 161 Å². The summed E-state index contributed by atoms with van der Waals surface area (Å²) < 4.78 is 65.6. The zero-order chi connectivity index (χ0) is 18.4. The van der Waals surface area contributed by atoms with Crippen molar-refractivity contribution in [2.24, 2.45) is 0 Å². The minimum atomic E-state index is -4.69. The van der Waals surface area contributed by atoms with Gasteiger partial charge in [-0.1, -0.05) is 0 Å². The van der Waals surface area contributed by atoms with Gasteiger partial charge in [0.1, 0.15) is 9.79 Å². The predicted molar refractivity (Wildman–Crippen MR) is 92.0 cm³/mol. The molecular formula is C14H18N2Na2O6S2. The van der Waals surface area contributed by atoms with Gasteiger partial charge in [-0.3, -0.25) is 9.11 Å². The van der Waals surface area contributed by atoms with E-state index in [0.29, 0.717) is 11.1 Å². The number of rotatable bonds is 3. The van der Waals surface area contributed by atoms with E-state index in [-0.39, 0.29) is 84.5 Å². The third-order valence-electron chi connectivity index (χ3n) is 3.58. The van der Waals surface area contributed by atoms with Crippen LogP contribution < -0.4 is 70.6 Å². The van der Waals surface area contributed by atoms with E-state index in [1.54, 1.807) is 13.8 Å². The Kier molecular flexibility index (Phi) is 8.86. The van der Waals surface area contributed by atoms with E-state index in [4.69, 9.17) is 11.5 Å². The molecule has 0 atom stereocenters. The molecule has 8 nitrogen and oxygen atoms in total. The number of aryl methyl sites for hydroxylation is 2. The average Bonchev–Trinajstić information content (AvgIpc) is 2.41. The summed E-state index contributed by atoms with van der Waals surface area (Å²) in [4.78, 5) is -1.14. The summed E-state index contributed by atoms with van der Waals surface area (Å²) in [6, 6.07) is 4.69. The monoisotopic (exact) mass is 420 g/mol. The molecule has 0 bridgehead atoms. The van der Waals surface area contributed by atoms with Crippen LogP contribution in [0.1, 0.15) is 14.0 Å². The molecule has 6 N–H and O–H groups in total. The molecule has 2 aromatic carbocycles. The molecule has 0 aliphatic heterocycles. The van der Waals surface area contributed by atoms with Crippen molar-refractivity contribution in [3.05, 3.63) is 35.4 Å². The number of benzene rings is 2. The molecule has 0 fully saturated rings. The molecule has 0 heterocycles. The summed E-state index contributed by atoms with van der Waals surface area (Å²) in [7, 11) is -9.39. The summed E-state index contributed by atoms with van der Waals surface area (Å²) in [5.41, 5.74) is 12.3. The van der Waals surface area contributed by atoms with Gasteiger partial charge in [-0.25, -0.2) is 0 Å². The van der Waals surface area contributed by atoms with Crippen LogP contribution in [0.25, 0.3) is 11.1 Å². The van der Waals surface area contributed by atoms with Crippen molar-refractivity contribution in [1.29, 1.82) is 0 Å². The molecule has 0 aromatic heterocycles. The van der Waals surface area contributed by atoms with Gasteiger partial charge in [-0.2, -0.15) is 16.8 Å². The summed E-state index contributed by atoms with van der Waals surface area (Å²) in [6.45, 7) is 3.17. The smallest absolute Gasteiger partial charge is 1.00 e. The zero-order valence-corrected chi connectivity index (χ0v) is 20.4. The van der Waals surface area contributed by atoms with Crippen LogP contribution in [-0.2, 0) is 20.2 Å². The Hall–Kier alpha value is -0.140. The maximum atomic E-state index is 11.7. The molecule has 0 aliphatic rings. The van der Waals surface area contributed by atoms with Crippen LogP contribution in [0, 0.1) is 13.8 Å². The second kappa shape index (κ2) is 8.91. The molecule has 2 aromatic rings. The van der Waals surface area contributed by atoms with Gasteiger partial charge in [0.25, 0.3) is 20.2 Å². The summed E-state index contributed by atoms with van der Waals surface area (Å²) in [5, 5.41) is 0. The summed E-state index contributed by atoms with van der Waals surface area (Å²) in [6.07, 6.45) is 0. The fraction of sp³-hybridized carbons (Fsp3) is 0.143. The van der Waals surface area contributed by atoms with E-state index in [9.17, 15) is 25.9 Å². The van der Waals surface area contributed by atoms with Crippen molar-refractivity contribution in [2.75, 3.05) is 11.5 Å². The molecular weight excluding hydrogens is 402 g/mol. The molecule has 26 heavy (non-hydrogen) atoms. The Bertz CT molecular complexity index is 978. The molecule has 0 amide bonds. The summed E-state index contributed by atoms with van der Waals surface area (Å²) >= 11 is 0. The van der Waals surface area contributed by atoms with E-state index in [1.165, 1.54) is 12.1 Å². The normalized spacial score (nSPS) is 11.4. The van der Waals surface area contributed by atoms with Crippen molar-refractivity contribution in [1.82, 2.24) is 0 Å². The third-order valence-corrected chi connectivity index (χ3v) is 5.37. The quantitative estimate of drug-likeness (QED) is 0.221. The van der Waals surface area contributed by atoms with E-state index >= 15 is 0 Å². The fourth-order valence-electron chi connectivity index (χ4n) is 2.26. The minimum Gasteiger partial charge on any atom is -1.00 e. The van der Waals surface area contributed by atoms with Gasteiger partial charge in [-0.15, -0.1) is 0 Å². The molecule has 0 spiro atoms. The number of nitrogen functional groups attached to an aromatic ring is 2. The van der Waals surface area contributed by atoms with Crippen molar-refractivity contribution in [3.63, 3.8) is 0 Å². The van der Waals surface area contributed by atoms with Crippen LogP contribution in [0.2, 0.25) is 0 Å². The van der Waals surface area contributed by atoms with E-state index < -0.39 is 30.0 Å². The van der Waals surface area contributed by atoms with E-state index in [1.807, 2.05) is 0 Å². The molecule has 0 radical (unpaired) electrons. The molecule has 2 rings (SSSR count). The van der Waals surface area contributed by atoms with Crippen LogP contribution in [0.3, 0.4) is 0 Å². The third kappa shape index (κ3) is 5.44. The van der Waals surface area contributed by atoms with Crippen molar-refractivity contribution in [2.45, 2.75) is 23.6 Å². The van der Waals surface area contributed by atoms with Gasteiger partial charge < -0.3 is 14.3 Å². The first-order valence-electron chi connectivity index (χ1n) is 6.58. The van der Waals surface area contributed by atoms with Gasteiger partial charge in [0.2, 0.25) is 0 Å². The maximum Gasteiger partial charge on any atom is 1.00 e. The van der Waals surface area contributed by atoms with Crippen molar-refractivity contribution in [3.8, 4) is 11.1 Å². The van der Waals surface area contributed by atoms with Crippen molar-refractivity contribution < 1.29 is 87.9 Å². The molecule has 0 aliphatic carbocycles. The zero-order valence-electron chi connectivity index (χ0n) is 16.8. The number of hydrogen-bond acceptors (Lipinski definition) is 6. The van der Waals surface area contributed by atoms with E-state index in [2.05, 4.69) is 0 Å². The maximum absolute atomic E-state index is 11.7. The molecule has 134 valence electrons. The molecule has 12 heteroatoms. The minimum absolute atomic E-state index is 0. The SMILES string of the molecule is Cc1cc(-c2cc(C)c(N)cc2S(=O)(=O)O)c(S(=O)(=O)O)cc1N.[H-].[H-].[Na+].[Na+]. The van der Waals surface area contributed by atoms with Gasteiger partial charge in [-0.05, 0) is 49.2 Å². The fourth-order valence-corrected chi connectivity index (χ4v) is 3.70. The summed E-state index contributed by atoms with van der Waals surface area (Å²) in [5.74, 6) is 0. The van der Waals surface area contributed by atoms with Crippen LogP contribution in [0.4, 0.5) is 11.4 Å². The Morgan fingerprint density at radius 3 is 1.23 bits per heavy atom. The van der Waals surface area contributed by atoms with Gasteiger partial charge >= 0.3 is 59.1 Å². The van der Waals surface area contributed by atoms with Crippen LogP contribution in [-0.4, -0.2) is 25.9 Å². The van der Waals surface area contributed by atoms with Crippen LogP contribution >= 0.6 is 0 Å². The predicted octanol–water partition coefficient (Wildman–Crippen LogP) is -4.14. The van der Waals surface area contributed by atoms with E-state index in [0.717, 1.165) is 12.1 Å². The van der Waals surface area contributed by atoms with Gasteiger partial charge in [0.15, 0.2) is 0 Å². The Labute approximate surface area is 199 Å². The average molecular weight is 420 g/mol. The number of nitrogens with two attached hydrogens (primary N) is 2. The number of hydrogen-bond donors (Lipinski definition) is 4. The largest absolute Gasteiger partial charge is 1.00 e. The first-order chi connectivity index (χ1) is 10.8. The van der Waals surface area contributed by atoms with Crippen LogP contribution in [0.5, 0.6) is 0 Å². The standard InChI is InChI=1S/C14H16N2O6S2.2Na.2H/c1-7-3-9(13(5-11(7)15)23(17,18)19)10-4-8(2)12(16)6-14(10)24(20,21)22;;;;/h3-6H,15-16H2,1-2H3,(H,17,18,19)(H,20,21,22);;;;/q;2*+1;2*-1. The second-order valence-corrected chi connectivity index (χ2v) is 8.14. The molecule has 0 unspecified atom stereocenters. The number of anilines is 2. The Morgan fingerprint density at radius 2 is 1.00 bits per heavy atom. The second-order valence-electron chi connectivity index (χ2n) is 5.36. The first-order valence-corrected chi connectivity index (χ1v) is 9.46. The van der Waals surface area contributed by atoms with Crippen molar-refractivity contribution >= 4 is 31.6 Å². The van der Waals surface area contributed by atoms with Crippen LogP contribution in [0.15, 0.2) is 34.1 Å². The van der Waals surface area contributed by atoms with Gasteiger partial charge in [0, 0.05) is 22.5 Å². The Balaban J connectivity index is -0.00000156. The Morgan fingerprint density at radius 1 is 0.731 bits per heavy atom.